The minimum atomic E-state index is -3.97. The summed E-state index contributed by atoms with van der Waals surface area (Å²) < 4.78 is 30.5. The molecule has 1 heterocycles. The van der Waals surface area contributed by atoms with Crippen LogP contribution in [-0.2, 0) is 17.1 Å². The maximum Gasteiger partial charge on any atom is 0.300 e. The van der Waals surface area contributed by atoms with E-state index in [0.717, 1.165) is 11.1 Å². The third-order valence-corrected chi connectivity index (χ3v) is 5.62. The number of aromatic hydroxyl groups is 1. The molecule has 0 atom stereocenters. The Bertz CT molecular complexity index is 1090. The third-order valence-electron chi connectivity index (χ3n) is 4.16. The summed E-state index contributed by atoms with van der Waals surface area (Å²) in [4.78, 5) is 0.154. The first-order chi connectivity index (χ1) is 11.7. The SMILES string of the molecule is Cc1cc(C)c(S(=O)(=O)N=Nc2c(O)n(C)c3ccccc23)c(C)c1. The number of hydrogen-bond donors (Lipinski definition) is 1. The first-order valence-electron chi connectivity index (χ1n) is 7.74. The number of aryl methyl sites for hydroxylation is 4. The van der Waals surface area contributed by atoms with Crippen LogP contribution in [-0.4, -0.2) is 18.1 Å². The Labute approximate surface area is 146 Å². The Hall–Kier alpha value is -2.67. The average molecular weight is 357 g/mol. The molecule has 130 valence electrons. The van der Waals surface area contributed by atoms with Crippen LogP contribution in [0.1, 0.15) is 16.7 Å². The van der Waals surface area contributed by atoms with Gasteiger partial charge in [0.15, 0.2) is 5.69 Å². The quantitative estimate of drug-likeness (QED) is 0.710. The van der Waals surface area contributed by atoms with Crippen molar-refractivity contribution in [2.24, 2.45) is 16.7 Å². The Morgan fingerprint density at radius 2 is 1.64 bits per heavy atom. The first kappa shape index (κ1) is 17.2. The highest BCUT2D eigenvalue weighted by atomic mass is 32.2. The van der Waals surface area contributed by atoms with Gasteiger partial charge in [-0.3, -0.25) is 0 Å². The minimum Gasteiger partial charge on any atom is -0.493 e. The van der Waals surface area contributed by atoms with Gasteiger partial charge in [-0.2, -0.15) is 8.42 Å². The zero-order chi connectivity index (χ0) is 18.4. The lowest BCUT2D eigenvalue weighted by atomic mass is 10.1. The van der Waals surface area contributed by atoms with Gasteiger partial charge in [0.1, 0.15) is 0 Å². The van der Waals surface area contributed by atoms with Gasteiger partial charge >= 0.3 is 0 Å². The molecule has 3 aromatic rings. The number of para-hydroxylation sites is 1. The highest BCUT2D eigenvalue weighted by Crippen LogP contribution is 2.38. The van der Waals surface area contributed by atoms with Crippen LogP contribution in [0.25, 0.3) is 10.9 Å². The van der Waals surface area contributed by atoms with Gasteiger partial charge in [-0.05, 0) is 38.0 Å². The standard InChI is InChI=1S/C18H19N3O3S/c1-11-9-12(2)17(13(3)10-11)25(23,24)20-19-16-14-7-5-6-8-15(14)21(4)18(16)22/h5-10,22H,1-4H3. The van der Waals surface area contributed by atoms with Crippen molar-refractivity contribution in [1.82, 2.24) is 4.57 Å². The van der Waals surface area contributed by atoms with Crippen molar-refractivity contribution in [1.29, 1.82) is 0 Å². The highest BCUT2D eigenvalue weighted by Gasteiger charge is 2.21. The van der Waals surface area contributed by atoms with E-state index < -0.39 is 10.0 Å². The maximum atomic E-state index is 12.7. The van der Waals surface area contributed by atoms with Gasteiger partial charge in [-0.15, -0.1) is 5.11 Å². The van der Waals surface area contributed by atoms with Crippen LogP contribution in [0.2, 0.25) is 0 Å². The Morgan fingerprint density at radius 1 is 1.04 bits per heavy atom. The van der Waals surface area contributed by atoms with E-state index in [4.69, 9.17) is 0 Å². The molecule has 2 aromatic carbocycles. The maximum absolute atomic E-state index is 12.7. The van der Waals surface area contributed by atoms with E-state index in [-0.39, 0.29) is 16.5 Å². The van der Waals surface area contributed by atoms with Crippen LogP contribution >= 0.6 is 0 Å². The van der Waals surface area contributed by atoms with E-state index in [0.29, 0.717) is 16.5 Å². The lowest BCUT2D eigenvalue weighted by Crippen LogP contribution is -2.02. The lowest BCUT2D eigenvalue weighted by Gasteiger charge is -2.08. The van der Waals surface area contributed by atoms with E-state index in [1.54, 1.807) is 49.7 Å². The van der Waals surface area contributed by atoms with Crippen molar-refractivity contribution in [2.75, 3.05) is 0 Å². The van der Waals surface area contributed by atoms with Crippen molar-refractivity contribution in [3.63, 3.8) is 0 Å². The molecule has 0 radical (unpaired) electrons. The number of fused-ring (bicyclic) bond motifs is 1. The third kappa shape index (κ3) is 2.91. The van der Waals surface area contributed by atoms with Crippen molar-refractivity contribution in [3.8, 4) is 5.88 Å². The molecule has 0 spiro atoms. The molecule has 3 rings (SSSR count). The summed E-state index contributed by atoms with van der Waals surface area (Å²) >= 11 is 0. The van der Waals surface area contributed by atoms with E-state index in [1.165, 1.54) is 0 Å². The first-order valence-corrected chi connectivity index (χ1v) is 9.18. The Kier molecular flexibility index (Phi) is 4.12. The van der Waals surface area contributed by atoms with E-state index in [2.05, 4.69) is 9.63 Å². The van der Waals surface area contributed by atoms with Gasteiger partial charge in [-0.25, -0.2) is 0 Å². The average Bonchev–Trinajstić information content (AvgIpc) is 2.76. The largest absolute Gasteiger partial charge is 0.493 e. The second-order valence-corrected chi connectivity index (χ2v) is 7.65. The predicted octanol–water partition coefficient (Wildman–Crippen LogP) is 4.28. The normalized spacial score (nSPS) is 12.3. The van der Waals surface area contributed by atoms with Crippen LogP contribution in [0.4, 0.5) is 5.69 Å². The summed E-state index contributed by atoms with van der Waals surface area (Å²) in [5.74, 6) is -0.127. The molecule has 1 aromatic heterocycles. The molecule has 0 aliphatic carbocycles. The van der Waals surface area contributed by atoms with Gasteiger partial charge in [0.05, 0.1) is 10.4 Å². The molecule has 0 aliphatic rings. The number of aromatic nitrogens is 1. The van der Waals surface area contributed by atoms with Crippen molar-refractivity contribution < 1.29 is 13.5 Å². The van der Waals surface area contributed by atoms with Crippen molar-refractivity contribution in [3.05, 3.63) is 53.1 Å². The molecule has 0 saturated carbocycles. The van der Waals surface area contributed by atoms with Gasteiger partial charge in [0.2, 0.25) is 5.88 Å². The molecular formula is C18H19N3O3S. The zero-order valence-corrected chi connectivity index (χ0v) is 15.3. The van der Waals surface area contributed by atoms with E-state index in [1.807, 2.05) is 19.1 Å². The topological polar surface area (TPSA) is 84.0 Å². The molecule has 0 amide bonds. The van der Waals surface area contributed by atoms with E-state index in [9.17, 15) is 13.5 Å². The predicted molar refractivity (Wildman–Crippen MR) is 96.9 cm³/mol. The Morgan fingerprint density at radius 3 is 2.28 bits per heavy atom. The molecular weight excluding hydrogens is 338 g/mol. The van der Waals surface area contributed by atoms with Crippen LogP contribution < -0.4 is 0 Å². The molecule has 0 fully saturated rings. The molecule has 1 N–H and O–H groups in total. The summed E-state index contributed by atoms with van der Waals surface area (Å²) in [7, 11) is -2.29. The number of hydrogen-bond acceptors (Lipinski definition) is 4. The highest BCUT2D eigenvalue weighted by molar-refractivity contribution is 7.90. The number of rotatable bonds is 3. The van der Waals surface area contributed by atoms with Gasteiger partial charge in [0.25, 0.3) is 10.0 Å². The lowest BCUT2D eigenvalue weighted by molar-refractivity contribution is 0.436. The summed E-state index contributed by atoms with van der Waals surface area (Å²) in [6.45, 7) is 5.38. The Balaban J connectivity index is 2.13. The molecule has 0 aliphatic heterocycles. The smallest absolute Gasteiger partial charge is 0.300 e. The summed E-state index contributed by atoms with van der Waals surface area (Å²) in [5.41, 5.74) is 3.12. The van der Waals surface area contributed by atoms with Crippen LogP contribution in [0, 0.1) is 20.8 Å². The number of benzene rings is 2. The second-order valence-electron chi connectivity index (χ2n) is 6.13. The van der Waals surface area contributed by atoms with Gasteiger partial charge < -0.3 is 9.67 Å². The number of sulfonamides is 1. The minimum absolute atomic E-state index is 0.127. The second kappa shape index (κ2) is 6.00. The fourth-order valence-electron chi connectivity index (χ4n) is 3.17. The van der Waals surface area contributed by atoms with Gasteiger partial charge in [-0.1, -0.05) is 40.4 Å². The monoisotopic (exact) mass is 357 g/mol. The zero-order valence-electron chi connectivity index (χ0n) is 14.5. The van der Waals surface area contributed by atoms with Crippen molar-refractivity contribution in [2.45, 2.75) is 25.7 Å². The molecule has 0 bridgehead atoms. The van der Waals surface area contributed by atoms with Crippen LogP contribution in [0.5, 0.6) is 5.88 Å². The van der Waals surface area contributed by atoms with E-state index >= 15 is 0 Å². The van der Waals surface area contributed by atoms with Gasteiger partial charge in [0, 0.05) is 12.4 Å². The summed E-state index contributed by atoms with van der Waals surface area (Å²) in [6, 6.07) is 10.8. The molecule has 7 heteroatoms. The summed E-state index contributed by atoms with van der Waals surface area (Å²) in [6.07, 6.45) is 0. The van der Waals surface area contributed by atoms with Crippen LogP contribution in [0.15, 0.2) is 50.9 Å². The molecule has 25 heavy (non-hydrogen) atoms. The van der Waals surface area contributed by atoms with Crippen LogP contribution in [0.3, 0.4) is 0 Å². The summed E-state index contributed by atoms with van der Waals surface area (Å²) in [5, 5.41) is 14.8. The number of nitrogens with zero attached hydrogens (tertiary/aromatic N) is 3. The molecule has 0 unspecified atom stereocenters. The van der Waals surface area contributed by atoms with Crippen molar-refractivity contribution >= 4 is 26.6 Å². The molecule has 0 saturated heterocycles. The fraction of sp³-hybridized carbons (Fsp3) is 0.222. The molecule has 6 nitrogen and oxygen atoms in total. The fourth-order valence-corrected chi connectivity index (χ4v) is 4.37.